The highest BCUT2D eigenvalue weighted by Gasteiger charge is 2.25. The Balaban J connectivity index is 1.36. The van der Waals surface area contributed by atoms with Crippen LogP contribution in [-0.4, -0.2) is 0 Å². The number of nitrogens with zero attached hydrogens (tertiary/aromatic N) is 1. The first-order valence-electron chi connectivity index (χ1n) is 10.8. The van der Waals surface area contributed by atoms with Crippen molar-refractivity contribution in [1.29, 1.82) is 5.26 Å². The van der Waals surface area contributed by atoms with Gasteiger partial charge in [0, 0.05) is 0 Å². The monoisotopic (exact) mass is 337 g/mol. The van der Waals surface area contributed by atoms with Crippen LogP contribution in [0.2, 0.25) is 0 Å². The Kier molecular flexibility index (Phi) is 6.97. The van der Waals surface area contributed by atoms with Crippen LogP contribution in [0.5, 0.6) is 0 Å². The van der Waals surface area contributed by atoms with Gasteiger partial charge in [0.2, 0.25) is 0 Å². The summed E-state index contributed by atoms with van der Waals surface area (Å²) in [6.45, 7) is 2.33. The average Bonchev–Trinajstić information content (AvgIpc) is 2.68. The molecule has 0 bridgehead atoms. The molecule has 2 saturated carbocycles. The van der Waals surface area contributed by atoms with Gasteiger partial charge in [-0.25, -0.2) is 0 Å². The SMILES string of the molecule is CCCC1CCC(CCC2CCC(c3ccc(C#N)cc3)CC2)CC1. The summed E-state index contributed by atoms with van der Waals surface area (Å²) in [5.74, 6) is 3.78. The topological polar surface area (TPSA) is 23.8 Å². The third-order valence-corrected chi connectivity index (χ3v) is 7.00. The largest absolute Gasteiger partial charge is 0.192 e. The average molecular weight is 338 g/mol. The lowest BCUT2D eigenvalue weighted by atomic mass is 9.74. The second-order valence-corrected chi connectivity index (χ2v) is 8.70. The zero-order valence-corrected chi connectivity index (χ0v) is 16.1. The van der Waals surface area contributed by atoms with E-state index in [1.54, 1.807) is 0 Å². The van der Waals surface area contributed by atoms with E-state index < -0.39 is 0 Å². The van der Waals surface area contributed by atoms with E-state index in [0.29, 0.717) is 0 Å². The molecule has 0 amide bonds. The summed E-state index contributed by atoms with van der Waals surface area (Å²) in [6.07, 6.45) is 17.3. The van der Waals surface area contributed by atoms with Crippen LogP contribution in [0, 0.1) is 29.1 Å². The fourth-order valence-electron chi connectivity index (χ4n) is 5.30. The van der Waals surface area contributed by atoms with Gasteiger partial charge in [0.1, 0.15) is 0 Å². The number of hydrogen-bond acceptors (Lipinski definition) is 1. The van der Waals surface area contributed by atoms with E-state index in [2.05, 4.69) is 25.1 Å². The van der Waals surface area contributed by atoms with Gasteiger partial charge >= 0.3 is 0 Å². The first kappa shape index (κ1) is 18.5. The summed E-state index contributed by atoms with van der Waals surface area (Å²) >= 11 is 0. The highest BCUT2D eigenvalue weighted by atomic mass is 14.3. The molecule has 0 saturated heterocycles. The van der Waals surface area contributed by atoms with Crippen LogP contribution in [0.4, 0.5) is 0 Å². The maximum absolute atomic E-state index is 8.93. The van der Waals surface area contributed by atoms with Crippen LogP contribution in [0.15, 0.2) is 24.3 Å². The number of nitriles is 1. The molecule has 1 heteroatoms. The maximum atomic E-state index is 8.93. The van der Waals surface area contributed by atoms with E-state index in [0.717, 1.165) is 29.2 Å². The molecule has 136 valence electrons. The lowest BCUT2D eigenvalue weighted by Crippen LogP contribution is -2.17. The van der Waals surface area contributed by atoms with Crippen molar-refractivity contribution in [2.75, 3.05) is 0 Å². The van der Waals surface area contributed by atoms with Crippen molar-refractivity contribution in [3.63, 3.8) is 0 Å². The molecule has 0 unspecified atom stereocenters. The summed E-state index contributed by atoms with van der Waals surface area (Å²) < 4.78 is 0. The molecular formula is C24H35N. The molecule has 1 aromatic rings. The van der Waals surface area contributed by atoms with E-state index in [1.807, 2.05) is 12.1 Å². The van der Waals surface area contributed by atoms with Gasteiger partial charge in [-0.1, -0.05) is 70.4 Å². The molecule has 0 atom stereocenters. The fourth-order valence-corrected chi connectivity index (χ4v) is 5.30. The lowest BCUT2D eigenvalue weighted by Gasteiger charge is -2.32. The van der Waals surface area contributed by atoms with Crippen molar-refractivity contribution in [3.05, 3.63) is 35.4 Å². The van der Waals surface area contributed by atoms with Crippen LogP contribution < -0.4 is 0 Å². The molecule has 2 aliphatic carbocycles. The number of rotatable bonds is 6. The quantitative estimate of drug-likeness (QED) is 0.537. The predicted octanol–water partition coefficient (Wildman–Crippen LogP) is 7.22. The van der Waals surface area contributed by atoms with Gasteiger partial charge < -0.3 is 0 Å². The minimum absolute atomic E-state index is 0.730. The van der Waals surface area contributed by atoms with Gasteiger partial charge in [-0.2, -0.15) is 5.26 Å². The van der Waals surface area contributed by atoms with Gasteiger partial charge in [0.25, 0.3) is 0 Å². The van der Waals surface area contributed by atoms with Crippen LogP contribution in [0.3, 0.4) is 0 Å². The zero-order valence-electron chi connectivity index (χ0n) is 16.1. The number of hydrogen-bond donors (Lipinski definition) is 0. The van der Waals surface area contributed by atoms with Gasteiger partial charge in [0.05, 0.1) is 11.6 Å². The molecule has 3 rings (SSSR count). The molecule has 0 radical (unpaired) electrons. The lowest BCUT2D eigenvalue weighted by molar-refractivity contribution is 0.224. The second kappa shape index (κ2) is 9.42. The first-order valence-corrected chi connectivity index (χ1v) is 10.8. The van der Waals surface area contributed by atoms with Crippen molar-refractivity contribution < 1.29 is 0 Å². The van der Waals surface area contributed by atoms with Gasteiger partial charge in [0.15, 0.2) is 0 Å². The molecule has 2 aliphatic rings. The smallest absolute Gasteiger partial charge is 0.0991 e. The Bertz CT molecular complexity index is 536. The van der Waals surface area contributed by atoms with E-state index in [1.165, 1.54) is 82.6 Å². The Morgan fingerprint density at radius 2 is 1.24 bits per heavy atom. The third kappa shape index (κ3) is 5.34. The van der Waals surface area contributed by atoms with Crippen molar-refractivity contribution in [2.45, 2.75) is 89.9 Å². The molecule has 2 fully saturated rings. The van der Waals surface area contributed by atoms with Crippen LogP contribution >= 0.6 is 0 Å². The maximum Gasteiger partial charge on any atom is 0.0991 e. The molecule has 25 heavy (non-hydrogen) atoms. The summed E-state index contributed by atoms with van der Waals surface area (Å²) in [4.78, 5) is 0. The molecule has 0 heterocycles. The van der Waals surface area contributed by atoms with E-state index in [4.69, 9.17) is 5.26 Å². The summed E-state index contributed by atoms with van der Waals surface area (Å²) in [7, 11) is 0. The van der Waals surface area contributed by atoms with Crippen LogP contribution in [-0.2, 0) is 0 Å². The normalized spacial score (nSPS) is 29.9. The van der Waals surface area contributed by atoms with E-state index in [9.17, 15) is 0 Å². The minimum Gasteiger partial charge on any atom is -0.192 e. The zero-order chi connectivity index (χ0) is 17.5. The summed E-state index contributed by atoms with van der Waals surface area (Å²) in [6, 6.07) is 10.5. The minimum atomic E-state index is 0.730. The molecular weight excluding hydrogens is 302 g/mol. The highest BCUT2D eigenvalue weighted by Crippen LogP contribution is 2.40. The van der Waals surface area contributed by atoms with Gasteiger partial charge in [-0.3, -0.25) is 0 Å². The Hall–Kier alpha value is -1.29. The highest BCUT2D eigenvalue weighted by molar-refractivity contribution is 5.33. The predicted molar refractivity (Wildman–Crippen MR) is 105 cm³/mol. The summed E-state index contributed by atoms with van der Waals surface area (Å²) in [5.41, 5.74) is 2.23. The van der Waals surface area contributed by atoms with E-state index >= 15 is 0 Å². The second-order valence-electron chi connectivity index (χ2n) is 8.70. The van der Waals surface area contributed by atoms with Crippen LogP contribution in [0.25, 0.3) is 0 Å². The Morgan fingerprint density at radius 1 is 0.760 bits per heavy atom. The molecule has 0 N–H and O–H groups in total. The molecule has 1 aromatic carbocycles. The molecule has 0 aromatic heterocycles. The standard InChI is InChI=1S/C24H35N/c1-2-3-19-4-6-20(7-5-19)8-9-21-10-14-23(15-11-21)24-16-12-22(18-25)13-17-24/h12-13,16-17,19-21,23H,2-11,14-15H2,1H3. The summed E-state index contributed by atoms with van der Waals surface area (Å²) in [5, 5.41) is 8.93. The molecule has 0 aliphatic heterocycles. The van der Waals surface area contributed by atoms with Gasteiger partial charge in [-0.15, -0.1) is 0 Å². The third-order valence-electron chi connectivity index (χ3n) is 7.00. The van der Waals surface area contributed by atoms with Gasteiger partial charge in [-0.05, 0) is 67.1 Å². The van der Waals surface area contributed by atoms with Crippen LogP contribution in [0.1, 0.15) is 101 Å². The first-order chi connectivity index (χ1) is 12.3. The molecule has 1 nitrogen and oxygen atoms in total. The number of benzene rings is 1. The Labute approximate surface area is 154 Å². The fraction of sp³-hybridized carbons (Fsp3) is 0.708. The van der Waals surface area contributed by atoms with Crippen molar-refractivity contribution >= 4 is 0 Å². The molecule has 0 spiro atoms. The van der Waals surface area contributed by atoms with E-state index in [-0.39, 0.29) is 0 Å². The Morgan fingerprint density at radius 3 is 1.72 bits per heavy atom. The van der Waals surface area contributed by atoms with Crippen molar-refractivity contribution in [3.8, 4) is 6.07 Å². The van der Waals surface area contributed by atoms with Crippen molar-refractivity contribution in [2.24, 2.45) is 17.8 Å². The van der Waals surface area contributed by atoms with Crippen molar-refractivity contribution in [1.82, 2.24) is 0 Å².